The second kappa shape index (κ2) is 19.2. The van der Waals surface area contributed by atoms with E-state index in [1.165, 1.54) is 0 Å². The van der Waals surface area contributed by atoms with Crippen molar-refractivity contribution in [2.75, 3.05) is 19.8 Å². The van der Waals surface area contributed by atoms with E-state index in [-0.39, 0.29) is 39.3 Å². The summed E-state index contributed by atoms with van der Waals surface area (Å²) in [6.45, 7) is 20.5. The van der Waals surface area contributed by atoms with E-state index in [0.717, 1.165) is 25.7 Å². The highest BCUT2D eigenvalue weighted by molar-refractivity contribution is 7.44. The van der Waals surface area contributed by atoms with Gasteiger partial charge >= 0.3 is 11.9 Å². The van der Waals surface area contributed by atoms with E-state index >= 15 is 0 Å². The molecule has 2 unspecified atom stereocenters. The largest absolute Gasteiger partial charge is 0.441 e. The lowest BCUT2D eigenvalue weighted by Crippen LogP contribution is -2.42. The Labute approximate surface area is 375 Å². The van der Waals surface area contributed by atoms with Gasteiger partial charge in [-0.05, 0) is 115 Å². The average molecular weight is 922 g/mol. The van der Waals surface area contributed by atoms with E-state index in [4.69, 9.17) is 70.2 Å². The van der Waals surface area contributed by atoms with Gasteiger partial charge in [0.1, 0.15) is 0 Å². The summed E-state index contributed by atoms with van der Waals surface area (Å²) in [5, 5.41) is 12.8. The summed E-state index contributed by atoms with van der Waals surface area (Å²) in [4.78, 5) is 40.8. The number of hydrogen-bond donors (Lipinski definition) is 1. The lowest BCUT2D eigenvalue weighted by atomic mass is 9.61. The fraction of sp³-hybridized carbons (Fsp3) is 0.511. The minimum absolute atomic E-state index is 0.0225. The zero-order valence-corrected chi connectivity index (χ0v) is 39.8. The number of carbonyl (C=O) groups excluding carboxylic acids is 3. The predicted octanol–water partition coefficient (Wildman–Crippen LogP) is 12.2. The van der Waals surface area contributed by atoms with Gasteiger partial charge in [0, 0.05) is 56.3 Å². The molecule has 3 aromatic rings. The highest BCUT2D eigenvalue weighted by Gasteiger charge is 2.58. The summed E-state index contributed by atoms with van der Waals surface area (Å²) >= 11 is 28.1. The minimum Gasteiger partial charge on any atom is -0.441 e. The molecule has 2 aliphatic rings. The predicted molar refractivity (Wildman–Crippen MR) is 239 cm³/mol. The maximum absolute atomic E-state index is 13.9. The van der Waals surface area contributed by atoms with Gasteiger partial charge in [-0.2, -0.15) is 5.26 Å². The number of rotatable bonds is 16. The van der Waals surface area contributed by atoms with Crippen LogP contribution in [0.5, 0.6) is 5.75 Å². The molecule has 0 radical (unpaired) electrons. The molecule has 0 fully saturated rings. The number of fused-ring (bicyclic) bond motifs is 6. The smallest absolute Gasteiger partial charge is 0.340 e. The molecule has 3 aromatic carbocycles. The molecule has 15 heteroatoms. The molecular weight excluding hydrogens is 867 g/mol. The van der Waals surface area contributed by atoms with Gasteiger partial charge in [0.25, 0.3) is 14.4 Å². The van der Waals surface area contributed by atoms with Crippen molar-refractivity contribution in [2.24, 2.45) is 5.41 Å². The van der Waals surface area contributed by atoms with Crippen LogP contribution in [0.25, 0.3) is 0 Å². The molecule has 0 saturated carbocycles. The van der Waals surface area contributed by atoms with E-state index in [1.54, 1.807) is 58.0 Å². The highest BCUT2D eigenvalue weighted by atomic mass is 35.5. The number of carbonyl (C=O) groups is 3. The van der Waals surface area contributed by atoms with E-state index in [9.17, 15) is 14.4 Å². The number of ether oxygens (including phenoxy) is 2. The van der Waals surface area contributed by atoms with Crippen LogP contribution in [-0.4, -0.2) is 54.4 Å². The Morgan fingerprint density at radius 1 is 0.883 bits per heavy atom. The molecular formula is C45H54Cl4N3O7P. The van der Waals surface area contributed by atoms with Crippen LogP contribution in [0.2, 0.25) is 20.1 Å². The molecule has 60 heavy (non-hydrogen) atoms. The Kier molecular flexibility index (Phi) is 15.4. The fourth-order valence-corrected chi connectivity index (χ4v) is 10.9. The third kappa shape index (κ3) is 9.36. The molecule has 0 bridgehead atoms. The van der Waals surface area contributed by atoms with E-state index in [1.807, 2.05) is 13.8 Å². The van der Waals surface area contributed by atoms with E-state index < -0.39 is 36.9 Å². The van der Waals surface area contributed by atoms with Gasteiger partial charge in [-0.25, -0.2) is 9.46 Å². The monoisotopic (exact) mass is 919 g/mol. The first-order chi connectivity index (χ1) is 28.1. The summed E-state index contributed by atoms with van der Waals surface area (Å²) in [7, 11) is -1.29. The Morgan fingerprint density at radius 3 is 2.10 bits per heavy atom. The first-order valence-corrected chi connectivity index (χ1v) is 22.9. The van der Waals surface area contributed by atoms with E-state index in [0.29, 0.717) is 75.2 Å². The number of nitrogens with one attached hydrogen (secondary N) is 1. The number of halogens is 4. The maximum atomic E-state index is 13.9. The van der Waals surface area contributed by atoms with E-state index in [2.05, 4.69) is 43.8 Å². The van der Waals surface area contributed by atoms with Crippen molar-refractivity contribution in [1.82, 2.24) is 9.99 Å². The number of nitrogens with zero attached hydrogens (tertiary/aromatic N) is 2. The van der Waals surface area contributed by atoms with Gasteiger partial charge in [-0.15, -0.1) is 0 Å². The number of esters is 2. The molecule has 1 amide bonds. The molecule has 1 aliphatic heterocycles. The molecule has 2 atom stereocenters. The Balaban J connectivity index is 1.40. The molecule has 5 rings (SSSR count). The van der Waals surface area contributed by atoms with Crippen LogP contribution in [0.1, 0.15) is 149 Å². The van der Waals surface area contributed by atoms with Gasteiger partial charge in [0.05, 0.1) is 46.7 Å². The third-order valence-corrected chi connectivity index (χ3v) is 14.4. The van der Waals surface area contributed by atoms with Gasteiger partial charge in [0.2, 0.25) is 0 Å². The summed E-state index contributed by atoms with van der Waals surface area (Å²) in [6, 6.07) is 10.8. The molecule has 324 valence electrons. The lowest BCUT2D eigenvalue weighted by molar-refractivity contribution is -0.143. The van der Waals surface area contributed by atoms with Crippen molar-refractivity contribution in [3.8, 4) is 11.8 Å². The topological polar surface area (TPSA) is 127 Å². The summed E-state index contributed by atoms with van der Waals surface area (Å²) in [6.07, 6.45) is 3.63. The van der Waals surface area contributed by atoms with Crippen molar-refractivity contribution in [3.05, 3.63) is 94.9 Å². The standard InChI is InChI=1S/C45H54Cl4N3O7P/c1-25(2)52(26(3)4)60(57-21-15-18-50)56-20-14-12-11-13-19-51-40(53)28-16-17-29-30(22-28)45(59-41(29)54)31-23-33(46)27(5)37(48)35(31)44(9,10)36-32(45)24-34(47)39(38(36)49)58-42(55)43(6,7)8/h16-17,22-26H,11-15,19-21H2,1-10H3,(H,51,53). The Hall–Kier alpha value is -2.97. The zero-order chi connectivity index (χ0) is 44.5. The van der Waals surface area contributed by atoms with Crippen molar-refractivity contribution < 1.29 is 32.9 Å². The molecule has 0 saturated heterocycles. The summed E-state index contributed by atoms with van der Waals surface area (Å²) in [5.74, 6) is -1.51. The number of nitriles is 1. The van der Waals surface area contributed by atoms with Crippen LogP contribution in [0.4, 0.5) is 0 Å². The summed E-state index contributed by atoms with van der Waals surface area (Å²) in [5.41, 5.74) is 0.124. The minimum atomic E-state index is -1.67. The first kappa shape index (κ1) is 48.1. The van der Waals surface area contributed by atoms with Crippen molar-refractivity contribution in [3.63, 3.8) is 0 Å². The van der Waals surface area contributed by atoms with Crippen molar-refractivity contribution in [2.45, 2.75) is 124 Å². The van der Waals surface area contributed by atoms with Crippen LogP contribution >= 0.6 is 54.9 Å². The molecule has 1 heterocycles. The number of amides is 1. The van der Waals surface area contributed by atoms with Gasteiger partial charge < -0.3 is 23.8 Å². The maximum Gasteiger partial charge on any atom is 0.340 e. The SMILES string of the molecule is Cc1c(Cl)cc2c(c1Cl)C(C)(C)c1c(cc(Cl)c(OC(=O)C(C)(C)C)c1Cl)C21OC(=O)c2ccc(C(=O)NCCCCCCOP(OCCC#N)N(C(C)C)C(C)C)cc21. The highest BCUT2D eigenvalue weighted by Crippen LogP contribution is 2.62. The molecule has 1 N–H and O–H groups in total. The molecule has 1 aliphatic carbocycles. The Morgan fingerprint density at radius 2 is 1.48 bits per heavy atom. The number of unbranched alkanes of at least 4 members (excludes halogenated alkanes) is 3. The van der Waals surface area contributed by atoms with Crippen LogP contribution in [0.15, 0.2) is 30.3 Å². The summed E-state index contributed by atoms with van der Waals surface area (Å²) < 4.78 is 26.7. The molecule has 10 nitrogen and oxygen atoms in total. The average Bonchev–Trinajstić information content (AvgIpc) is 3.45. The molecule has 0 aromatic heterocycles. The quantitative estimate of drug-likeness (QED) is 0.0646. The van der Waals surface area contributed by atoms with Crippen LogP contribution in [0, 0.1) is 23.7 Å². The molecule has 1 spiro atoms. The zero-order valence-electron chi connectivity index (χ0n) is 35.9. The van der Waals surface area contributed by atoms with Gasteiger partial charge in [-0.3, -0.25) is 9.59 Å². The van der Waals surface area contributed by atoms with Crippen molar-refractivity contribution >= 4 is 72.8 Å². The normalized spacial score (nSPS) is 17.0. The van der Waals surface area contributed by atoms with Crippen molar-refractivity contribution in [1.29, 1.82) is 5.26 Å². The van der Waals surface area contributed by atoms with Crippen LogP contribution < -0.4 is 10.1 Å². The third-order valence-electron chi connectivity index (χ3n) is 10.8. The van der Waals surface area contributed by atoms with Gasteiger partial charge in [0.15, 0.2) is 11.4 Å². The second-order valence-corrected chi connectivity index (χ2v) is 20.3. The van der Waals surface area contributed by atoms with Crippen LogP contribution in [0.3, 0.4) is 0 Å². The van der Waals surface area contributed by atoms with Crippen LogP contribution in [-0.2, 0) is 29.6 Å². The fourth-order valence-electron chi connectivity index (χ4n) is 7.85. The first-order valence-electron chi connectivity index (χ1n) is 20.2. The second-order valence-electron chi connectivity index (χ2n) is 17.3. The number of hydrogen-bond acceptors (Lipinski definition) is 9. The van der Waals surface area contributed by atoms with Gasteiger partial charge in [-0.1, -0.05) is 73.1 Å². The number of benzene rings is 3. The Bertz CT molecular complexity index is 2190. The lowest BCUT2D eigenvalue weighted by Gasteiger charge is -2.46.